The average molecular weight is 365 g/mol. The third-order valence-corrected chi connectivity index (χ3v) is 6.86. The summed E-state index contributed by atoms with van der Waals surface area (Å²) in [4.78, 5) is 14.4. The molecule has 4 heterocycles. The maximum absolute atomic E-state index is 12.8. The molecule has 3 aliphatic heterocycles. The Balaban J connectivity index is 1.65. The minimum absolute atomic E-state index is 0.0459. The van der Waals surface area contributed by atoms with Crippen molar-refractivity contribution in [2.75, 3.05) is 19.6 Å². The Hall–Kier alpha value is -1.64. The zero-order valence-electron chi connectivity index (χ0n) is 14.4. The Bertz CT molecular complexity index is 952. The molecule has 0 saturated carbocycles. The molecule has 136 valence electrons. The lowest BCUT2D eigenvalue weighted by atomic mass is 9.85. The number of hydrogen-bond acceptors (Lipinski definition) is 5. The van der Waals surface area contributed by atoms with Gasteiger partial charge in [0.25, 0.3) is 0 Å². The predicted molar refractivity (Wildman–Crippen MR) is 94.1 cm³/mol. The van der Waals surface area contributed by atoms with Gasteiger partial charge in [-0.2, -0.15) is 0 Å². The van der Waals surface area contributed by atoms with Gasteiger partial charge in [-0.15, -0.1) is 0 Å². The fourth-order valence-corrected chi connectivity index (χ4v) is 5.35. The number of nitrogens with zero attached hydrogens (tertiary/aromatic N) is 2. The molecule has 1 atom stereocenters. The Kier molecular flexibility index (Phi) is 4.01. The standard InChI is InChI=1S/C17H23N3O4S/c1-11(2)20-15-4-3-13(9-16(15)24-17(20)21)25(22,23)18-14-10-19-7-5-12(14)6-8-19/h3-4,9,11-12,14,18H,5-8,10H2,1-2H3/t14-/m0/s1. The Morgan fingerprint density at radius 2 is 1.96 bits per heavy atom. The third kappa shape index (κ3) is 2.92. The number of oxazole rings is 1. The average Bonchev–Trinajstić information content (AvgIpc) is 2.90. The smallest absolute Gasteiger partial charge is 0.408 e. The Labute approximate surface area is 146 Å². The van der Waals surface area contributed by atoms with Crippen LogP contribution in [0.5, 0.6) is 0 Å². The quantitative estimate of drug-likeness (QED) is 0.889. The second-order valence-corrected chi connectivity index (χ2v) is 9.04. The minimum atomic E-state index is -3.65. The lowest BCUT2D eigenvalue weighted by Gasteiger charge is -2.44. The zero-order chi connectivity index (χ0) is 17.8. The van der Waals surface area contributed by atoms with E-state index in [-0.39, 0.29) is 17.0 Å². The largest absolute Gasteiger partial charge is 0.420 e. The van der Waals surface area contributed by atoms with Crippen molar-refractivity contribution in [2.24, 2.45) is 5.92 Å². The lowest BCUT2D eigenvalue weighted by Crippen LogP contribution is -2.57. The molecule has 0 aliphatic carbocycles. The van der Waals surface area contributed by atoms with E-state index in [9.17, 15) is 13.2 Å². The van der Waals surface area contributed by atoms with E-state index in [0.717, 1.165) is 32.5 Å². The van der Waals surface area contributed by atoms with E-state index in [2.05, 4.69) is 9.62 Å². The monoisotopic (exact) mass is 365 g/mol. The van der Waals surface area contributed by atoms with Crippen molar-refractivity contribution in [2.45, 2.75) is 43.7 Å². The Morgan fingerprint density at radius 1 is 1.24 bits per heavy atom. The number of rotatable bonds is 4. The number of fused-ring (bicyclic) bond motifs is 4. The second-order valence-electron chi connectivity index (χ2n) is 7.33. The summed E-state index contributed by atoms with van der Waals surface area (Å²) in [5.41, 5.74) is 0.914. The van der Waals surface area contributed by atoms with Crippen molar-refractivity contribution in [3.63, 3.8) is 0 Å². The van der Waals surface area contributed by atoms with E-state index in [1.54, 1.807) is 12.1 Å². The van der Waals surface area contributed by atoms with Gasteiger partial charge < -0.3 is 9.32 Å². The molecule has 0 unspecified atom stereocenters. The van der Waals surface area contributed by atoms with E-state index >= 15 is 0 Å². The van der Waals surface area contributed by atoms with E-state index in [4.69, 9.17) is 4.42 Å². The van der Waals surface area contributed by atoms with Crippen LogP contribution in [0.4, 0.5) is 0 Å². The first-order valence-corrected chi connectivity index (χ1v) is 10.2. The highest BCUT2D eigenvalue weighted by molar-refractivity contribution is 7.89. The molecule has 2 bridgehead atoms. The summed E-state index contributed by atoms with van der Waals surface area (Å²) in [5.74, 6) is -0.0617. The molecule has 2 aromatic rings. The normalized spacial score (nSPS) is 26.6. The van der Waals surface area contributed by atoms with Gasteiger partial charge in [0, 0.05) is 24.7 Å². The van der Waals surface area contributed by atoms with Crippen LogP contribution in [0.15, 0.2) is 32.3 Å². The van der Waals surface area contributed by atoms with Crippen LogP contribution in [0, 0.1) is 5.92 Å². The molecule has 3 fully saturated rings. The van der Waals surface area contributed by atoms with Crippen molar-refractivity contribution >= 4 is 21.1 Å². The van der Waals surface area contributed by atoms with Crippen LogP contribution >= 0.6 is 0 Å². The van der Waals surface area contributed by atoms with Crippen LogP contribution < -0.4 is 10.5 Å². The topological polar surface area (TPSA) is 84.5 Å². The molecule has 7 nitrogen and oxygen atoms in total. The van der Waals surface area contributed by atoms with Gasteiger partial charge in [0.15, 0.2) is 5.58 Å². The van der Waals surface area contributed by atoms with Crippen LogP contribution in [0.2, 0.25) is 0 Å². The molecule has 0 amide bonds. The van der Waals surface area contributed by atoms with Crippen LogP contribution in [0.25, 0.3) is 11.1 Å². The SMILES string of the molecule is CC(C)n1c(=O)oc2cc(S(=O)(=O)N[C@H]3CN4CCC3CC4)ccc21. The van der Waals surface area contributed by atoms with Gasteiger partial charge in [0.1, 0.15) is 0 Å². The molecule has 1 aromatic carbocycles. The van der Waals surface area contributed by atoms with Crippen LogP contribution in [-0.4, -0.2) is 43.6 Å². The lowest BCUT2D eigenvalue weighted by molar-refractivity contribution is 0.0827. The summed E-state index contributed by atoms with van der Waals surface area (Å²) in [5, 5.41) is 0. The summed E-state index contributed by atoms with van der Waals surface area (Å²) in [7, 11) is -3.65. The molecule has 1 aromatic heterocycles. The number of piperidine rings is 3. The first-order chi connectivity index (χ1) is 11.8. The fraction of sp³-hybridized carbons (Fsp3) is 0.588. The number of benzene rings is 1. The molecule has 0 radical (unpaired) electrons. The van der Waals surface area contributed by atoms with Gasteiger partial charge in [-0.1, -0.05) is 0 Å². The van der Waals surface area contributed by atoms with Crippen molar-refractivity contribution in [1.82, 2.24) is 14.2 Å². The molecule has 8 heteroatoms. The van der Waals surface area contributed by atoms with Gasteiger partial charge >= 0.3 is 5.76 Å². The van der Waals surface area contributed by atoms with Crippen molar-refractivity contribution in [3.05, 3.63) is 28.7 Å². The molecule has 3 saturated heterocycles. The fourth-order valence-electron chi connectivity index (χ4n) is 4.04. The number of nitrogens with one attached hydrogen (secondary N) is 1. The van der Waals surface area contributed by atoms with Crippen molar-refractivity contribution in [1.29, 1.82) is 0 Å². The summed E-state index contributed by atoms with van der Waals surface area (Å²) in [6.07, 6.45) is 2.08. The van der Waals surface area contributed by atoms with E-state index in [0.29, 0.717) is 17.0 Å². The zero-order valence-corrected chi connectivity index (χ0v) is 15.3. The first-order valence-electron chi connectivity index (χ1n) is 8.75. The van der Waals surface area contributed by atoms with E-state index in [1.165, 1.54) is 10.6 Å². The molecule has 0 spiro atoms. The maximum atomic E-state index is 12.8. The van der Waals surface area contributed by atoms with Crippen molar-refractivity contribution in [3.8, 4) is 0 Å². The predicted octanol–water partition coefficient (Wildman–Crippen LogP) is 1.55. The Morgan fingerprint density at radius 3 is 2.56 bits per heavy atom. The summed E-state index contributed by atoms with van der Waals surface area (Å²) >= 11 is 0. The highest BCUT2D eigenvalue weighted by atomic mass is 32.2. The highest BCUT2D eigenvalue weighted by Crippen LogP contribution is 2.29. The summed E-state index contributed by atoms with van der Waals surface area (Å²) < 4.78 is 35.2. The number of hydrogen-bond donors (Lipinski definition) is 1. The van der Waals surface area contributed by atoms with Gasteiger partial charge in [-0.05, 0) is 57.8 Å². The third-order valence-electron chi connectivity index (χ3n) is 5.37. The second kappa shape index (κ2) is 5.96. The molecule has 3 aliphatic rings. The van der Waals surface area contributed by atoms with Gasteiger partial charge in [-0.25, -0.2) is 17.9 Å². The van der Waals surface area contributed by atoms with Crippen molar-refractivity contribution < 1.29 is 12.8 Å². The molecule has 5 rings (SSSR count). The van der Waals surface area contributed by atoms with Gasteiger partial charge in [0.2, 0.25) is 10.0 Å². The molecular formula is C17H23N3O4S. The molecule has 25 heavy (non-hydrogen) atoms. The molecular weight excluding hydrogens is 342 g/mol. The summed E-state index contributed by atoms with van der Waals surface area (Å²) in [6, 6.07) is 4.53. The van der Waals surface area contributed by atoms with Crippen LogP contribution in [-0.2, 0) is 10.0 Å². The van der Waals surface area contributed by atoms with Gasteiger partial charge in [0.05, 0.1) is 10.4 Å². The molecule has 1 N–H and O–H groups in total. The first kappa shape index (κ1) is 16.8. The van der Waals surface area contributed by atoms with Gasteiger partial charge in [-0.3, -0.25) is 4.57 Å². The number of aromatic nitrogens is 1. The van der Waals surface area contributed by atoms with Crippen LogP contribution in [0.3, 0.4) is 0 Å². The summed E-state index contributed by atoms with van der Waals surface area (Å²) in [6.45, 7) is 6.66. The van der Waals surface area contributed by atoms with Crippen LogP contribution in [0.1, 0.15) is 32.7 Å². The number of sulfonamides is 1. The minimum Gasteiger partial charge on any atom is -0.408 e. The maximum Gasteiger partial charge on any atom is 0.420 e. The van der Waals surface area contributed by atoms with E-state index < -0.39 is 15.8 Å². The highest BCUT2D eigenvalue weighted by Gasteiger charge is 2.36. The van der Waals surface area contributed by atoms with E-state index in [1.807, 2.05) is 13.8 Å².